The van der Waals surface area contributed by atoms with Crippen molar-refractivity contribution < 1.29 is 23.9 Å². The third kappa shape index (κ3) is 5.75. The maximum Gasteiger partial charge on any atom is 0.256 e. The quantitative estimate of drug-likeness (QED) is 0.560. The fourth-order valence-electron chi connectivity index (χ4n) is 3.15. The van der Waals surface area contributed by atoms with E-state index in [4.69, 9.17) is 9.47 Å². The molecular formula is C22H27N3O5S. The van der Waals surface area contributed by atoms with Crippen molar-refractivity contribution in [1.29, 1.82) is 0 Å². The third-order valence-electron chi connectivity index (χ3n) is 4.63. The summed E-state index contributed by atoms with van der Waals surface area (Å²) in [4.78, 5) is 42.1. The fraction of sp³-hybridized carbons (Fsp3) is 0.364. The highest BCUT2D eigenvalue weighted by atomic mass is 32.2. The number of carbonyl (C=O) groups is 3. The van der Waals surface area contributed by atoms with Gasteiger partial charge in [-0.15, -0.1) is 0 Å². The van der Waals surface area contributed by atoms with Gasteiger partial charge in [0.25, 0.3) is 5.91 Å². The van der Waals surface area contributed by atoms with Crippen LogP contribution in [0.3, 0.4) is 0 Å². The maximum atomic E-state index is 13.3. The standard InChI is InChI=1S/C22H27N3O5S/c1-6-30-21-9-15(7-8-20(21)29-4)19(13-31-5)25(3)22(28)16-10-23-11-18(17(16)12-26)24-14(2)27/h7-12,19H,6,13H2,1-5H3,(H,24,27). The third-order valence-corrected chi connectivity index (χ3v) is 5.28. The van der Waals surface area contributed by atoms with E-state index >= 15 is 0 Å². The summed E-state index contributed by atoms with van der Waals surface area (Å²) in [5.74, 6) is 1.09. The monoisotopic (exact) mass is 445 g/mol. The Morgan fingerprint density at radius 1 is 1.29 bits per heavy atom. The van der Waals surface area contributed by atoms with Gasteiger partial charge in [-0.05, 0) is 30.9 Å². The number of hydrogen-bond acceptors (Lipinski definition) is 7. The predicted molar refractivity (Wildman–Crippen MR) is 121 cm³/mol. The molecule has 0 spiro atoms. The molecule has 0 aliphatic rings. The van der Waals surface area contributed by atoms with Gasteiger partial charge in [0.1, 0.15) is 0 Å². The summed E-state index contributed by atoms with van der Waals surface area (Å²) in [7, 11) is 3.25. The summed E-state index contributed by atoms with van der Waals surface area (Å²) in [6, 6.07) is 5.26. The number of thioether (sulfide) groups is 1. The first-order valence-corrected chi connectivity index (χ1v) is 11.0. The first-order chi connectivity index (χ1) is 14.9. The second-order valence-corrected chi connectivity index (χ2v) is 7.59. The van der Waals surface area contributed by atoms with Gasteiger partial charge < -0.3 is 19.7 Å². The van der Waals surface area contributed by atoms with Crippen LogP contribution in [0.15, 0.2) is 30.6 Å². The van der Waals surface area contributed by atoms with Crippen molar-refractivity contribution in [3.8, 4) is 11.5 Å². The van der Waals surface area contributed by atoms with E-state index in [0.717, 1.165) is 5.56 Å². The smallest absolute Gasteiger partial charge is 0.256 e. The first kappa shape index (κ1) is 24.2. The van der Waals surface area contributed by atoms with Gasteiger partial charge in [-0.25, -0.2) is 0 Å². The molecule has 0 aliphatic carbocycles. The molecule has 0 aliphatic heterocycles. The van der Waals surface area contributed by atoms with Crippen LogP contribution in [0.1, 0.15) is 46.2 Å². The topological polar surface area (TPSA) is 97.8 Å². The number of methoxy groups -OCH3 is 1. The van der Waals surface area contributed by atoms with Crippen LogP contribution in [0.25, 0.3) is 0 Å². The van der Waals surface area contributed by atoms with Crippen molar-refractivity contribution >= 4 is 35.5 Å². The highest BCUT2D eigenvalue weighted by molar-refractivity contribution is 7.98. The van der Waals surface area contributed by atoms with Gasteiger partial charge in [-0.2, -0.15) is 11.8 Å². The first-order valence-electron chi connectivity index (χ1n) is 9.65. The minimum Gasteiger partial charge on any atom is -0.493 e. The van der Waals surface area contributed by atoms with Gasteiger partial charge in [-0.3, -0.25) is 19.4 Å². The molecule has 1 heterocycles. The second kappa shape index (κ2) is 11.4. The Morgan fingerprint density at radius 2 is 2.03 bits per heavy atom. The number of pyridine rings is 1. The number of benzene rings is 1. The minimum absolute atomic E-state index is 0.0923. The van der Waals surface area contributed by atoms with Crippen LogP contribution < -0.4 is 14.8 Å². The van der Waals surface area contributed by atoms with Gasteiger partial charge in [0.05, 0.1) is 42.8 Å². The zero-order valence-corrected chi connectivity index (χ0v) is 19.1. The lowest BCUT2D eigenvalue weighted by molar-refractivity contribution is -0.114. The zero-order chi connectivity index (χ0) is 23.0. The number of anilines is 1. The van der Waals surface area contributed by atoms with Gasteiger partial charge in [0.2, 0.25) is 5.91 Å². The molecule has 0 saturated heterocycles. The number of hydrogen-bond donors (Lipinski definition) is 1. The van der Waals surface area contributed by atoms with Crippen LogP contribution in [0, 0.1) is 0 Å². The molecule has 0 bridgehead atoms. The summed E-state index contributed by atoms with van der Waals surface area (Å²) >= 11 is 1.59. The Kier molecular flexibility index (Phi) is 8.87. The van der Waals surface area contributed by atoms with Crippen LogP contribution in [-0.4, -0.2) is 60.8 Å². The van der Waals surface area contributed by atoms with Crippen molar-refractivity contribution in [2.75, 3.05) is 38.1 Å². The summed E-state index contributed by atoms with van der Waals surface area (Å²) in [6.07, 6.45) is 5.19. The van der Waals surface area contributed by atoms with Crippen LogP contribution in [0.2, 0.25) is 0 Å². The number of aromatic nitrogens is 1. The van der Waals surface area contributed by atoms with Gasteiger partial charge >= 0.3 is 0 Å². The average Bonchev–Trinajstić information content (AvgIpc) is 2.76. The van der Waals surface area contributed by atoms with Gasteiger partial charge in [-0.1, -0.05) is 6.07 Å². The van der Waals surface area contributed by atoms with Crippen LogP contribution in [0.5, 0.6) is 11.5 Å². The molecule has 1 N–H and O–H groups in total. The highest BCUT2D eigenvalue weighted by Crippen LogP contribution is 2.34. The van der Waals surface area contributed by atoms with E-state index in [2.05, 4.69) is 10.3 Å². The van der Waals surface area contributed by atoms with E-state index in [1.165, 1.54) is 19.3 Å². The molecule has 1 atom stereocenters. The second-order valence-electron chi connectivity index (χ2n) is 6.68. The lowest BCUT2D eigenvalue weighted by Gasteiger charge is -2.29. The Bertz CT molecular complexity index is 951. The molecule has 0 radical (unpaired) electrons. The fourth-order valence-corrected chi connectivity index (χ4v) is 3.88. The van der Waals surface area contributed by atoms with E-state index in [9.17, 15) is 14.4 Å². The molecule has 8 nitrogen and oxygen atoms in total. The molecule has 2 aromatic rings. The molecule has 2 rings (SSSR count). The predicted octanol–water partition coefficient (Wildman–Crippen LogP) is 3.44. The SMILES string of the molecule is CCOc1cc(C(CSC)N(C)C(=O)c2cncc(NC(C)=O)c2C=O)ccc1OC. The van der Waals surface area contributed by atoms with E-state index in [1.54, 1.807) is 30.8 Å². The average molecular weight is 446 g/mol. The van der Waals surface area contributed by atoms with Crippen molar-refractivity contribution in [2.24, 2.45) is 0 Å². The van der Waals surface area contributed by atoms with E-state index in [0.29, 0.717) is 30.1 Å². The lowest BCUT2D eigenvalue weighted by atomic mass is 10.0. The van der Waals surface area contributed by atoms with Crippen molar-refractivity contribution in [1.82, 2.24) is 9.88 Å². The highest BCUT2D eigenvalue weighted by Gasteiger charge is 2.26. The molecule has 1 unspecified atom stereocenters. The number of carbonyl (C=O) groups excluding carboxylic acids is 3. The number of ether oxygens (including phenoxy) is 2. The summed E-state index contributed by atoms with van der Waals surface area (Å²) in [6.45, 7) is 3.69. The molecule has 166 valence electrons. The number of amides is 2. The van der Waals surface area contributed by atoms with Crippen molar-refractivity contribution in [3.63, 3.8) is 0 Å². The molecular weight excluding hydrogens is 418 g/mol. The number of aldehydes is 1. The molecule has 2 amide bonds. The Balaban J connectivity index is 2.45. The minimum atomic E-state index is -0.380. The normalized spacial score (nSPS) is 11.4. The molecule has 0 fully saturated rings. The van der Waals surface area contributed by atoms with Crippen molar-refractivity contribution in [3.05, 3.63) is 47.3 Å². The Labute approximate surface area is 186 Å². The summed E-state index contributed by atoms with van der Waals surface area (Å²) in [5.41, 5.74) is 1.28. The number of nitrogens with one attached hydrogen (secondary N) is 1. The molecule has 31 heavy (non-hydrogen) atoms. The van der Waals surface area contributed by atoms with E-state index in [1.807, 2.05) is 31.4 Å². The van der Waals surface area contributed by atoms with Crippen LogP contribution in [-0.2, 0) is 4.79 Å². The van der Waals surface area contributed by atoms with Gasteiger partial charge in [0.15, 0.2) is 17.8 Å². The van der Waals surface area contributed by atoms with Crippen LogP contribution in [0.4, 0.5) is 5.69 Å². The summed E-state index contributed by atoms with van der Waals surface area (Å²) in [5, 5.41) is 2.54. The number of nitrogens with zero attached hydrogens (tertiary/aromatic N) is 2. The van der Waals surface area contributed by atoms with Crippen molar-refractivity contribution in [2.45, 2.75) is 19.9 Å². The summed E-state index contributed by atoms with van der Waals surface area (Å²) < 4.78 is 11.0. The van der Waals surface area contributed by atoms with Gasteiger partial charge in [0, 0.05) is 25.9 Å². The largest absolute Gasteiger partial charge is 0.493 e. The maximum absolute atomic E-state index is 13.3. The Hall–Kier alpha value is -3.07. The number of rotatable bonds is 10. The lowest BCUT2D eigenvalue weighted by Crippen LogP contribution is -2.33. The molecule has 0 saturated carbocycles. The van der Waals surface area contributed by atoms with E-state index in [-0.39, 0.29) is 34.7 Å². The van der Waals surface area contributed by atoms with Crippen LogP contribution >= 0.6 is 11.8 Å². The van der Waals surface area contributed by atoms with E-state index < -0.39 is 0 Å². The molecule has 9 heteroatoms. The Morgan fingerprint density at radius 3 is 2.61 bits per heavy atom. The molecule has 1 aromatic carbocycles. The molecule has 1 aromatic heterocycles. The zero-order valence-electron chi connectivity index (χ0n) is 18.3.